The number of ether oxygens (including phenoxy) is 2. The molecule has 2 aromatic carbocycles. The second-order valence-corrected chi connectivity index (χ2v) is 12.5. The highest BCUT2D eigenvalue weighted by atomic mass is 32.2. The largest absolute Gasteiger partial charge is 0.485 e. The van der Waals surface area contributed by atoms with Crippen LogP contribution in [0.15, 0.2) is 89.4 Å². The number of benzene rings is 2. The molecule has 2 aliphatic rings. The number of carbonyl (C=O) groups is 2. The van der Waals surface area contributed by atoms with Gasteiger partial charge in [-0.2, -0.15) is 5.26 Å². The first-order chi connectivity index (χ1) is 21.8. The van der Waals surface area contributed by atoms with E-state index in [1.165, 1.54) is 11.8 Å². The van der Waals surface area contributed by atoms with Crippen molar-refractivity contribution in [1.29, 1.82) is 10.7 Å². The Morgan fingerprint density at radius 2 is 1.98 bits per heavy atom. The molecular weight excluding hydrogens is 584 g/mol. The summed E-state index contributed by atoms with van der Waals surface area (Å²) in [4.78, 5) is 28.5. The third kappa shape index (κ3) is 8.77. The summed E-state index contributed by atoms with van der Waals surface area (Å²) in [6.45, 7) is 6.80. The molecule has 1 fully saturated rings. The monoisotopic (exact) mass is 624 g/mol. The van der Waals surface area contributed by atoms with Crippen LogP contribution in [0, 0.1) is 16.7 Å². The number of carbonyl (C=O) groups excluding carboxylic acids is 2. The van der Waals surface area contributed by atoms with Crippen LogP contribution in [0.1, 0.15) is 63.7 Å². The summed E-state index contributed by atoms with van der Waals surface area (Å²) in [6.07, 6.45) is 14.2. The Balaban J connectivity index is 1.71. The molecule has 2 N–H and O–H groups in total. The number of hydrogen-bond acceptors (Lipinski definition) is 7. The summed E-state index contributed by atoms with van der Waals surface area (Å²) >= 11 is 1.44. The van der Waals surface area contributed by atoms with Gasteiger partial charge < -0.3 is 19.7 Å². The molecule has 8 nitrogen and oxygen atoms in total. The van der Waals surface area contributed by atoms with Crippen molar-refractivity contribution in [2.24, 2.45) is 0 Å². The van der Waals surface area contributed by atoms with Crippen LogP contribution in [0.4, 0.5) is 0 Å². The van der Waals surface area contributed by atoms with Gasteiger partial charge in [-0.25, -0.2) is 0 Å². The van der Waals surface area contributed by atoms with E-state index < -0.39 is 11.0 Å². The Morgan fingerprint density at radius 3 is 2.71 bits per heavy atom. The van der Waals surface area contributed by atoms with Gasteiger partial charge in [0.1, 0.15) is 18.4 Å². The molecule has 1 saturated heterocycles. The molecule has 2 atom stereocenters. The zero-order chi connectivity index (χ0) is 32.2. The molecule has 0 aromatic heterocycles. The van der Waals surface area contributed by atoms with Gasteiger partial charge in [0.15, 0.2) is 11.5 Å². The van der Waals surface area contributed by atoms with Gasteiger partial charge >= 0.3 is 0 Å². The minimum absolute atomic E-state index is 0.0393. The maximum Gasteiger partial charge on any atom is 0.265 e. The minimum atomic E-state index is -0.925. The fourth-order valence-corrected chi connectivity index (χ4v) is 6.51. The van der Waals surface area contributed by atoms with Gasteiger partial charge in [0.05, 0.1) is 16.3 Å². The van der Waals surface area contributed by atoms with Crippen LogP contribution in [0.25, 0.3) is 6.08 Å². The topological polar surface area (TPSA) is 116 Å². The number of allylic oxidation sites excluding steroid dienone is 4. The predicted molar refractivity (Wildman–Crippen MR) is 180 cm³/mol. The van der Waals surface area contributed by atoms with Crippen molar-refractivity contribution in [2.45, 2.75) is 57.4 Å². The van der Waals surface area contributed by atoms with Crippen LogP contribution in [-0.2, 0) is 9.59 Å². The van der Waals surface area contributed by atoms with Gasteiger partial charge in [0, 0.05) is 12.1 Å². The number of hydrogen-bond donors (Lipinski definition) is 2. The van der Waals surface area contributed by atoms with E-state index in [1.807, 2.05) is 81.5 Å². The quantitative estimate of drug-likeness (QED) is 0.171. The first-order valence-electron chi connectivity index (χ1n) is 15.3. The highest BCUT2D eigenvalue weighted by molar-refractivity contribution is 8.05. The summed E-state index contributed by atoms with van der Waals surface area (Å²) < 4.78 is 12.7. The highest BCUT2D eigenvalue weighted by Gasteiger charge is 2.45. The van der Waals surface area contributed by atoms with Crippen LogP contribution in [0.2, 0.25) is 0 Å². The van der Waals surface area contributed by atoms with Gasteiger partial charge in [-0.3, -0.25) is 15.0 Å². The van der Waals surface area contributed by atoms with Gasteiger partial charge in [-0.05, 0) is 55.5 Å². The molecule has 1 heterocycles. The first-order valence-corrected chi connectivity index (χ1v) is 16.1. The van der Waals surface area contributed by atoms with E-state index in [9.17, 15) is 14.9 Å². The lowest BCUT2D eigenvalue weighted by Crippen LogP contribution is -2.44. The lowest BCUT2D eigenvalue weighted by molar-refractivity contribution is -0.128. The van der Waals surface area contributed by atoms with E-state index in [2.05, 4.69) is 17.5 Å². The number of nitriles is 1. The molecule has 0 bridgehead atoms. The zero-order valence-corrected chi connectivity index (χ0v) is 26.9. The van der Waals surface area contributed by atoms with Crippen LogP contribution in [-0.4, -0.2) is 47.0 Å². The smallest absolute Gasteiger partial charge is 0.265 e. The van der Waals surface area contributed by atoms with Crippen molar-refractivity contribution in [3.8, 4) is 17.6 Å². The van der Waals surface area contributed by atoms with Crippen molar-refractivity contribution in [1.82, 2.24) is 10.2 Å². The molecule has 45 heavy (non-hydrogen) atoms. The van der Waals surface area contributed by atoms with E-state index in [0.717, 1.165) is 24.8 Å². The van der Waals surface area contributed by atoms with Gasteiger partial charge in [0.25, 0.3) is 11.8 Å². The Kier molecular flexibility index (Phi) is 11.8. The fourth-order valence-electron chi connectivity index (χ4n) is 5.08. The Morgan fingerprint density at radius 1 is 1.18 bits per heavy atom. The Bertz CT molecular complexity index is 1560. The molecule has 2 amide bonds. The average molecular weight is 625 g/mol. The molecule has 0 spiro atoms. The van der Waals surface area contributed by atoms with Crippen LogP contribution >= 0.6 is 11.8 Å². The molecule has 4 rings (SSSR count). The molecule has 0 saturated carbocycles. The lowest BCUT2D eigenvalue weighted by Gasteiger charge is -2.32. The van der Waals surface area contributed by atoms with Crippen molar-refractivity contribution < 1.29 is 19.1 Å². The highest BCUT2D eigenvalue weighted by Crippen LogP contribution is 2.47. The fraction of sp³-hybridized carbons (Fsp3) is 0.333. The predicted octanol–water partition coefficient (Wildman–Crippen LogP) is 7.13. The third-order valence-electron chi connectivity index (χ3n) is 7.37. The van der Waals surface area contributed by atoms with E-state index >= 15 is 0 Å². The first kappa shape index (κ1) is 33.3. The maximum atomic E-state index is 13.6. The van der Waals surface area contributed by atoms with Gasteiger partial charge in [-0.15, -0.1) is 0 Å². The van der Waals surface area contributed by atoms with Crippen molar-refractivity contribution in [3.05, 3.63) is 101 Å². The number of nitrogens with zero attached hydrogens (tertiary/aromatic N) is 2. The van der Waals surface area contributed by atoms with E-state index in [0.29, 0.717) is 47.1 Å². The zero-order valence-electron chi connectivity index (χ0n) is 26.0. The van der Waals surface area contributed by atoms with Crippen molar-refractivity contribution >= 4 is 35.4 Å². The normalized spacial score (nSPS) is 19.1. The van der Waals surface area contributed by atoms with E-state index in [4.69, 9.17) is 14.9 Å². The molecule has 2 aromatic rings. The summed E-state index contributed by atoms with van der Waals surface area (Å²) in [7, 11) is 0. The minimum Gasteiger partial charge on any atom is -0.485 e. The summed E-state index contributed by atoms with van der Waals surface area (Å²) in [5, 5.41) is 20.1. The van der Waals surface area contributed by atoms with E-state index in [1.54, 1.807) is 23.1 Å². The second kappa shape index (κ2) is 16.0. The number of nitrogens with one attached hydrogen (secondary N) is 2. The van der Waals surface area contributed by atoms with E-state index in [-0.39, 0.29) is 24.1 Å². The van der Waals surface area contributed by atoms with Gasteiger partial charge in [-0.1, -0.05) is 98.8 Å². The van der Waals surface area contributed by atoms with Crippen LogP contribution < -0.4 is 14.8 Å². The standard InChI is InChI=1S/C36H40N4O4S/c1-4-19-36(3)40(24-29(38)23-37)35(42)32(45-36)22-27-17-18-30(43-25-26-13-9-6-7-10-14-26)31(21-27)44-33(34(41)39-20-5-2)28-15-11-8-12-16-28/h6,8-18,21-22,33,38H,4-5,7,19-20,24-25H2,1-3H3,(H,39,41)/b32-22-,38-29?. The Hall–Kier alpha value is -4.55. The maximum absolute atomic E-state index is 13.6. The molecule has 1 aliphatic heterocycles. The Labute approximate surface area is 270 Å². The number of rotatable bonds is 14. The molecule has 2 unspecified atom stereocenters. The summed E-state index contributed by atoms with van der Waals surface area (Å²) in [6, 6.07) is 16.6. The third-order valence-corrected chi connectivity index (χ3v) is 8.74. The molecule has 234 valence electrons. The average Bonchev–Trinajstić information content (AvgIpc) is 3.21. The molecule has 1 aliphatic carbocycles. The lowest BCUT2D eigenvalue weighted by atomic mass is 10.1. The van der Waals surface area contributed by atoms with Gasteiger partial charge in [0.2, 0.25) is 6.10 Å². The summed E-state index contributed by atoms with van der Waals surface area (Å²) in [5.74, 6) is 0.354. The van der Waals surface area contributed by atoms with Crippen LogP contribution in [0.3, 0.4) is 0 Å². The SMILES string of the molecule is CCCNC(=O)C(Oc1cc(/C=C2\SC(C)(CCC)N(CC(=N)C#N)C2=O)ccc1OCC1=CC=CCC=C1)c1ccccc1. The number of amides is 2. The van der Waals surface area contributed by atoms with Crippen molar-refractivity contribution in [2.75, 3.05) is 19.7 Å². The second-order valence-electron chi connectivity index (χ2n) is 11.0. The van der Waals surface area contributed by atoms with Crippen molar-refractivity contribution in [3.63, 3.8) is 0 Å². The summed E-state index contributed by atoms with van der Waals surface area (Å²) in [5.41, 5.74) is 2.23. The molecular formula is C36H40N4O4S. The molecule has 0 radical (unpaired) electrons. The molecule has 9 heteroatoms. The number of thioether (sulfide) groups is 1. The van der Waals surface area contributed by atoms with Crippen LogP contribution in [0.5, 0.6) is 11.5 Å².